The largest absolute Gasteiger partial charge is 0.476 e. The molecule has 0 amide bonds. The van der Waals surface area contributed by atoms with E-state index in [1.165, 1.54) is 6.20 Å². The molecule has 2 fully saturated rings. The van der Waals surface area contributed by atoms with Crippen molar-refractivity contribution < 1.29 is 18.6 Å². The molecular weight excluding hydrogens is 465 g/mol. The van der Waals surface area contributed by atoms with Crippen LogP contribution in [0, 0.1) is 22.6 Å². The summed E-state index contributed by atoms with van der Waals surface area (Å²) in [6.07, 6.45) is 7.79. The Balaban J connectivity index is 1.37. The highest BCUT2D eigenvalue weighted by atomic mass is 19.1. The molecule has 1 saturated heterocycles. The maximum atomic E-state index is 14.6. The number of nitriles is 1. The van der Waals surface area contributed by atoms with E-state index >= 15 is 0 Å². The number of rotatable bonds is 10. The number of hydrogen-bond donors (Lipinski definition) is 2. The maximum Gasteiger partial charge on any atom is 0.223 e. The average Bonchev–Trinajstić information content (AvgIpc) is 2.90. The first-order chi connectivity index (χ1) is 17.5. The quantitative estimate of drug-likeness (QED) is 0.503. The van der Waals surface area contributed by atoms with Gasteiger partial charge in [0.1, 0.15) is 12.3 Å². The molecule has 1 atom stereocenters. The van der Waals surface area contributed by atoms with E-state index in [4.69, 9.17) is 14.2 Å². The average molecular weight is 500 g/mol. The molecule has 36 heavy (non-hydrogen) atoms. The zero-order chi connectivity index (χ0) is 25.4. The van der Waals surface area contributed by atoms with Crippen LogP contribution in [0.4, 0.5) is 10.3 Å². The molecule has 0 spiro atoms. The van der Waals surface area contributed by atoms with Crippen molar-refractivity contribution in [1.82, 2.24) is 25.3 Å². The molecule has 3 heterocycles. The zero-order valence-electron chi connectivity index (χ0n) is 20.9. The molecule has 0 unspecified atom stereocenters. The van der Waals surface area contributed by atoms with Crippen molar-refractivity contribution >= 4 is 5.95 Å². The van der Waals surface area contributed by atoms with Gasteiger partial charge >= 0.3 is 0 Å². The second-order valence-electron chi connectivity index (χ2n) is 9.62. The highest BCUT2D eigenvalue weighted by molar-refractivity contribution is 5.52. The molecule has 2 aromatic heterocycles. The van der Waals surface area contributed by atoms with Gasteiger partial charge in [0.2, 0.25) is 11.8 Å². The van der Waals surface area contributed by atoms with Gasteiger partial charge in [0.25, 0.3) is 0 Å². The van der Waals surface area contributed by atoms with Crippen molar-refractivity contribution in [3.05, 3.63) is 24.3 Å². The van der Waals surface area contributed by atoms with Crippen molar-refractivity contribution in [2.45, 2.75) is 63.6 Å². The Kier molecular flexibility index (Phi) is 8.96. The number of hydrogen-bond acceptors (Lipinski definition) is 10. The van der Waals surface area contributed by atoms with E-state index in [0.717, 1.165) is 31.9 Å². The lowest BCUT2D eigenvalue weighted by Crippen LogP contribution is -2.43. The summed E-state index contributed by atoms with van der Waals surface area (Å²) >= 11 is 0. The minimum absolute atomic E-state index is 0.00255. The summed E-state index contributed by atoms with van der Waals surface area (Å²) in [7, 11) is 1.71. The number of anilines is 1. The first-order valence-electron chi connectivity index (χ1n) is 12.5. The van der Waals surface area contributed by atoms with E-state index in [0.29, 0.717) is 50.7 Å². The van der Waals surface area contributed by atoms with Crippen LogP contribution in [0.15, 0.2) is 18.5 Å². The van der Waals surface area contributed by atoms with Crippen molar-refractivity contribution in [1.29, 1.82) is 5.26 Å². The Hall–Kier alpha value is -2.94. The molecule has 2 N–H and O–H groups in total. The first-order valence-corrected chi connectivity index (χ1v) is 12.5. The summed E-state index contributed by atoms with van der Waals surface area (Å²) in [6, 6.07) is 4.92. The Bertz CT molecular complexity index is 1040. The number of halogens is 1. The minimum Gasteiger partial charge on any atom is -0.476 e. The van der Waals surface area contributed by atoms with Crippen molar-refractivity contribution in [2.24, 2.45) is 5.41 Å². The lowest BCUT2D eigenvalue weighted by atomic mass is 9.83. The third-order valence-electron chi connectivity index (χ3n) is 6.77. The SMILES string of the molecule is COC[C@H](C)NC1CCC(Nc2ncc(F)c(-c3nccc(OCC4(C#N)CCOCC4)n3)n2)CC1. The number of nitrogens with zero attached hydrogens (tertiary/aromatic N) is 5. The van der Waals surface area contributed by atoms with Gasteiger partial charge in [0.15, 0.2) is 11.6 Å². The van der Waals surface area contributed by atoms with Crippen LogP contribution in [0.25, 0.3) is 11.5 Å². The third-order valence-corrected chi connectivity index (χ3v) is 6.77. The molecule has 2 aromatic rings. The monoisotopic (exact) mass is 499 g/mol. The van der Waals surface area contributed by atoms with Gasteiger partial charge in [-0.1, -0.05) is 0 Å². The normalized spacial score (nSPS) is 22.4. The third kappa shape index (κ3) is 6.84. The van der Waals surface area contributed by atoms with Crippen LogP contribution in [0.5, 0.6) is 5.88 Å². The van der Waals surface area contributed by atoms with Crippen LogP contribution in [0.3, 0.4) is 0 Å². The van der Waals surface area contributed by atoms with Gasteiger partial charge in [-0.25, -0.2) is 19.3 Å². The minimum atomic E-state index is -0.615. The number of aromatic nitrogens is 4. The molecule has 194 valence electrons. The second-order valence-corrected chi connectivity index (χ2v) is 9.62. The van der Waals surface area contributed by atoms with Gasteiger partial charge in [0, 0.05) is 50.7 Å². The van der Waals surface area contributed by atoms with Gasteiger partial charge in [-0.3, -0.25) is 0 Å². The van der Waals surface area contributed by atoms with Crippen LogP contribution >= 0.6 is 0 Å². The molecule has 1 aliphatic heterocycles. The summed E-state index contributed by atoms with van der Waals surface area (Å²) in [6.45, 7) is 4.05. The highest BCUT2D eigenvalue weighted by Gasteiger charge is 2.34. The first kappa shape index (κ1) is 26.1. The van der Waals surface area contributed by atoms with Crippen LogP contribution in [-0.4, -0.2) is 71.6 Å². The molecule has 0 radical (unpaired) electrons. The summed E-state index contributed by atoms with van der Waals surface area (Å²) in [5.74, 6) is 0.0995. The fraction of sp³-hybridized carbons (Fsp3) is 0.640. The van der Waals surface area contributed by atoms with E-state index in [1.807, 2.05) is 0 Å². The summed E-state index contributed by atoms with van der Waals surface area (Å²) in [5.41, 5.74) is -0.612. The molecule has 0 bridgehead atoms. The molecule has 11 heteroatoms. The maximum absolute atomic E-state index is 14.6. The Morgan fingerprint density at radius 3 is 2.67 bits per heavy atom. The zero-order valence-corrected chi connectivity index (χ0v) is 20.9. The topological polar surface area (TPSA) is 127 Å². The number of nitrogens with one attached hydrogen (secondary N) is 2. The van der Waals surface area contributed by atoms with Gasteiger partial charge < -0.3 is 24.8 Å². The van der Waals surface area contributed by atoms with E-state index in [1.54, 1.807) is 13.2 Å². The highest BCUT2D eigenvalue weighted by Crippen LogP contribution is 2.30. The Labute approximate surface area is 211 Å². The predicted octanol–water partition coefficient (Wildman–Crippen LogP) is 3.12. The van der Waals surface area contributed by atoms with Crippen LogP contribution in [0.1, 0.15) is 45.4 Å². The van der Waals surface area contributed by atoms with Gasteiger partial charge in [-0.2, -0.15) is 10.2 Å². The van der Waals surface area contributed by atoms with E-state index in [9.17, 15) is 9.65 Å². The van der Waals surface area contributed by atoms with E-state index in [2.05, 4.69) is 43.6 Å². The van der Waals surface area contributed by atoms with Crippen LogP contribution in [0.2, 0.25) is 0 Å². The lowest BCUT2D eigenvalue weighted by molar-refractivity contribution is 0.0183. The molecule has 2 aliphatic rings. The van der Waals surface area contributed by atoms with Crippen LogP contribution < -0.4 is 15.4 Å². The summed E-state index contributed by atoms with van der Waals surface area (Å²) in [5, 5.41) is 16.6. The molecule has 1 saturated carbocycles. The smallest absolute Gasteiger partial charge is 0.223 e. The van der Waals surface area contributed by atoms with Crippen molar-refractivity contribution in [3.8, 4) is 23.5 Å². The molecule has 1 aliphatic carbocycles. The van der Waals surface area contributed by atoms with E-state index < -0.39 is 11.2 Å². The molecule has 10 nitrogen and oxygen atoms in total. The number of ether oxygens (including phenoxy) is 3. The fourth-order valence-corrected chi connectivity index (χ4v) is 4.68. The summed E-state index contributed by atoms with van der Waals surface area (Å²) < 4.78 is 31.0. The summed E-state index contributed by atoms with van der Waals surface area (Å²) in [4.78, 5) is 17.0. The second kappa shape index (κ2) is 12.3. The fourth-order valence-electron chi connectivity index (χ4n) is 4.68. The Morgan fingerprint density at radius 1 is 1.19 bits per heavy atom. The van der Waals surface area contributed by atoms with E-state index in [-0.39, 0.29) is 30.0 Å². The van der Waals surface area contributed by atoms with Gasteiger partial charge in [-0.05, 0) is 45.4 Å². The number of methoxy groups -OCH3 is 1. The lowest BCUT2D eigenvalue weighted by Gasteiger charge is -2.31. The van der Waals surface area contributed by atoms with Crippen molar-refractivity contribution in [2.75, 3.05) is 38.9 Å². The Morgan fingerprint density at radius 2 is 1.94 bits per heavy atom. The van der Waals surface area contributed by atoms with Gasteiger partial charge in [0.05, 0.1) is 24.3 Å². The van der Waals surface area contributed by atoms with Crippen LogP contribution in [-0.2, 0) is 9.47 Å². The van der Waals surface area contributed by atoms with Crippen molar-refractivity contribution in [3.63, 3.8) is 0 Å². The molecule has 0 aromatic carbocycles. The van der Waals surface area contributed by atoms with Gasteiger partial charge in [-0.15, -0.1) is 0 Å². The predicted molar refractivity (Wildman–Crippen MR) is 131 cm³/mol. The molecular formula is C25H34FN7O3. The standard InChI is InChI=1S/C25H34FN7O3/c1-17(14-34-2)30-18-3-5-19(6-4-18)31-24-29-13-20(26)22(33-24)23-28-10-7-21(32-23)36-16-25(15-27)8-11-35-12-9-25/h7,10,13,17-19,30H,3-6,8-9,11-12,14,16H2,1-2H3,(H,29,31,33)/t17-,18?,19?/m0/s1. The molecule has 4 rings (SSSR count).